The van der Waals surface area contributed by atoms with Crippen molar-refractivity contribution in [1.82, 2.24) is 15.3 Å². The minimum atomic E-state index is -0.451. The standard InChI is InChI=1S/C31H37N3O5/c1-3-36-31(35)28-26(18-22-10-5-4-6-11-22)39-30(34-28)29-21(2)27-24(13-7-14-25(27)38-29)37-17-9-16-33-20-23-12-8-15-32-19-23/h7-8,12-15,19,22,33H,3-6,9-11,16-18,20H2,1-2H3. The number of carbonyl (C=O) groups excluding carboxylic acids is 1. The van der Waals surface area contributed by atoms with Gasteiger partial charge in [0.15, 0.2) is 11.5 Å². The molecule has 1 aliphatic rings. The summed E-state index contributed by atoms with van der Waals surface area (Å²) in [5.41, 5.74) is 2.98. The Kier molecular flexibility index (Phi) is 8.93. The zero-order valence-electron chi connectivity index (χ0n) is 22.8. The lowest BCUT2D eigenvalue weighted by molar-refractivity contribution is 0.0517. The van der Waals surface area contributed by atoms with Crippen LogP contribution in [0.2, 0.25) is 0 Å². The maximum atomic E-state index is 12.7. The summed E-state index contributed by atoms with van der Waals surface area (Å²) in [7, 11) is 0. The van der Waals surface area contributed by atoms with Crippen LogP contribution < -0.4 is 10.1 Å². The molecule has 1 N–H and O–H groups in total. The van der Waals surface area contributed by atoms with Gasteiger partial charge < -0.3 is 23.6 Å². The van der Waals surface area contributed by atoms with E-state index >= 15 is 0 Å². The van der Waals surface area contributed by atoms with Gasteiger partial charge >= 0.3 is 5.97 Å². The molecule has 0 unspecified atom stereocenters. The van der Waals surface area contributed by atoms with E-state index in [0.29, 0.717) is 41.9 Å². The molecule has 3 heterocycles. The third kappa shape index (κ3) is 6.50. The van der Waals surface area contributed by atoms with Gasteiger partial charge in [-0.2, -0.15) is 4.98 Å². The van der Waals surface area contributed by atoms with Crippen LogP contribution in [-0.4, -0.2) is 35.7 Å². The molecule has 0 bridgehead atoms. The second-order valence-electron chi connectivity index (χ2n) is 10.1. The topological polar surface area (TPSA) is 99.6 Å². The molecule has 1 aromatic carbocycles. The van der Waals surface area contributed by atoms with Gasteiger partial charge in [-0.3, -0.25) is 4.98 Å². The second kappa shape index (κ2) is 12.9. The van der Waals surface area contributed by atoms with E-state index in [9.17, 15) is 4.79 Å². The Morgan fingerprint density at radius 2 is 2.00 bits per heavy atom. The van der Waals surface area contributed by atoms with Crippen LogP contribution >= 0.6 is 0 Å². The van der Waals surface area contributed by atoms with E-state index in [0.717, 1.165) is 54.6 Å². The molecule has 0 saturated heterocycles. The Bertz CT molecular complexity index is 1370. The second-order valence-corrected chi connectivity index (χ2v) is 10.1. The first kappa shape index (κ1) is 26.9. The fourth-order valence-electron chi connectivity index (χ4n) is 5.30. The Balaban J connectivity index is 1.30. The number of nitrogens with one attached hydrogen (secondary N) is 1. The molecule has 8 heteroatoms. The molecule has 0 radical (unpaired) electrons. The summed E-state index contributed by atoms with van der Waals surface area (Å²) in [4.78, 5) is 21.5. The average molecular weight is 532 g/mol. The van der Waals surface area contributed by atoms with Crippen LogP contribution in [0.1, 0.15) is 72.8 Å². The lowest BCUT2D eigenvalue weighted by atomic mass is 9.86. The molecule has 206 valence electrons. The van der Waals surface area contributed by atoms with Gasteiger partial charge in [-0.15, -0.1) is 0 Å². The average Bonchev–Trinajstić information content (AvgIpc) is 3.53. The lowest BCUT2D eigenvalue weighted by Gasteiger charge is -2.20. The molecule has 0 spiro atoms. The highest BCUT2D eigenvalue weighted by atomic mass is 16.5. The number of ether oxygens (including phenoxy) is 2. The number of oxazole rings is 1. The molecule has 0 aliphatic heterocycles. The number of esters is 1. The van der Waals surface area contributed by atoms with Crippen LogP contribution in [0.15, 0.2) is 51.6 Å². The SMILES string of the molecule is CCOC(=O)c1nc(-c2oc3cccc(OCCCNCc4cccnc4)c3c2C)oc1CC1CCCCC1. The van der Waals surface area contributed by atoms with Gasteiger partial charge in [-0.25, -0.2) is 4.79 Å². The first-order valence-electron chi connectivity index (χ1n) is 14.1. The Labute approximate surface area is 229 Å². The third-order valence-electron chi connectivity index (χ3n) is 7.28. The number of carbonyl (C=O) groups is 1. The van der Waals surface area contributed by atoms with Gasteiger partial charge in [0.1, 0.15) is 17.1 Å². The van der Waals surface area contributed by atoms with Crippen molar-refractivity contribution in [2.75, 3.05) is 19.8 Å². The molecule has 4 aromatic rings. The zero-order chi connectivity index (χ0) is 27.0. The van der Waals surface area contributed by atoms with Crippen molar-refractivity contribution >= 4 is 16.9 Å². The Morgan fingerprint density at radius 1 is 1.13 bits per heavy atom. The predicted molar refractivity (Wildman–Crippen MR) is 149 cm³/mol. The van der Waals surface area contributed by atoms with Gasteiger partial charge in [-0.05, 0) is 56.5 Å². The van der Waals surface area contributed by atoms with E-state index in [-0.39, 0.29) is 12.3 Å². The van der Waals surface area contributed by atoms with Crippen LogP contribution in [0.25, 0.3) is 22.6 Å². The number of hydrogen-bond donors (Lipinski definition) is 1. The number of aryl methyl sites for hydroxylation is 1. The van der Waals surface area contributed by atoms with Crippen LogP contribution in [0.4, 0.5) is 0 Å². The number of rotatable bonds is 12. The highest BCUT2D eigenvalue weighted by molar-refractivity contribution is 5.93. The summed E-state index contributed by atoms with van der Waals surface area (Å²) in [5, 5.41) is 4.31. The van der Waals surface area contributed by atoms with Gasteiger partial charge in [0, 0.05) is 30.9 Å². The normalized spacial score (nSPS) is 14.1. The largest absolute Gasteiger partial charge is 0.493 e. The number of fused-ring (bicyclic) bond motifs is 1. The van der Waals surface area contributed by atoms with Crippen molar-refractivity contribution < 1.29 is 23.1 Å². The van der Waals surface area contributed by atoms with Gasteiger partial charge in [-0.1, -0.05) is 44.2 Å². The van der Waals surface area contributed by atoms with Crippen LogP contribution in [-0.2, 0) is 17.7 Å². The molecule has 39 heavy (non-hydrogen) atoms. The fraction of sp³-hybridized carbons (Fsp3) is 0.452. The van der Waals surface area contributed by atoms with Crippen LogP contribution in [0.3, 0.4) is 0 Å². The van der Waals surface area contributed by atoms with Crippen LogP contribution in [0, 0.1) is 12.8 Å². The van der Waals surface area contributed by atoms with Crippen molar-refractivity contribution in [2.45, 2.75) is 65.3 Å². The number of nitrogens with zero attached hydrogens (tertiary/aromatic N) is 2. The molecule has 5 rings (SSSR count). The summed E-state index contributed by atoms with van der Waals surface area (Å²) < 4.78 is 23.9. The summed E-state index contributed by atoms with van der Waals surface area (Å²) in [6, 6.07) is 9.77. The van der Waals surface area contributed by atoms with Crippen molar-refractivity contribution in [3.05, 3.63) is 65.3 Å². The van der Waals surface area contributed by atoms with E-state index in [1.165, 1.54) is 19.3 Å². The van der Waals surface area contributed by atoms with Gasteiger partial charge in [0.2, 0.25) is 0 Å². The fourth-order valence-corrected chi connectivity index (χ4v) is 5.30. The molecule has 8 nitrogen and oxygen atoms in total. The molecule has 0 atom stereocenters. The quantitative estimate of drug-likeness (QED) is 0.160. The van der Waals surface area contributed by atoms with E-state index in [1.807, 2.05) is 37.4 Å². The van der Waals surface area contributed by atoms with Crippen molar-refractivity contribution in [3.63, 3.8) is 0 Å². The van der Waals surface area contributed by atoms with Gasteiger partial charge in [0.05, 0.1) is 18.6 Å². The number of pyridine rings is 1. The van der Waals surface area contributed by atoms with E-state index in [1.54, 1.807) is 13.1 Å². The summed E-state index contributed by atoms with van der Waals surface area (Å²) in [6.07, 6.45) is 11.2. The first-order valence-corrected chi connectivity index (χ1v) is 14.1. The monoisotopic (exact) mass is 531 g/mol. The maximum Gasteiger partial charge on any atom is 0.360 e. The highest BCUT2D eigenvalue weighted by Gasteiger charge is 2.28. The summed E-state index contributed by atoms with van der Waals surface area (Å²) in [6.45, 7) is 6.22. The smallest absolute Gasteiger partial charge is 0.360 e. The molecule has 3 aromatic heterocycles. The van der Waals surface area contributed by atoms with Crippen molar-refractivity contribution in [1.29, 1.82) is 0 Å². The maximum absolute atomic E-state index is 12.7. The zero-order valence-corrected chi connectivity index (χ0v) is 22.8. The number of benzene rings is 1. The number of furan rings is 1. The lowest BCUT2D eigenvalue weighted by Crippen LogP contribution is -2.17. The Hall–Kier alpha value is -3.65. The molecular formula is C31H37N3O5. The summed E-state index contributed by atoms with van der Waals surface area (Å²) >= 11 is 0. The number of hydrogen-bond acceptors (Lipinski definition) is 8. The molecular weight excluding hydrogens is 494 g/mol. The van der Waals surface area contributed by atoms with Crippen molar-refractivity contribution in [3.8, 4) is 17.4 Å². The first-order chi connectivity index (χ1) is 19.1. The minimum Gasteiger partial charge on any atom is -0.493 e. The van der Waals surface area contributed by atoms with E-state index < -0.39 is 5.97 Å². The van der Waals surface area contributed by atoms with Crippen LogP contribution in [0.5, 0.6) is 5.75 Å². The molecule has 1 aliphatic carbocycles. The highest BCUT2D eigenvalue weighted by Crippen LogP contribution is 2.39. The van der Waals surface area contributed by atoms with Crippen molar-refractivity contribution in [2.24, 2.45) is 5.92 Å². The Morgan fingerprint density at radius 3 is 2.79 bits per heavy atom. The predicted octanol–water partition coefficient (Wildman–Crippen LogP) is 6.65. The van der Waals surface area contributed by atoms with Gasteiger partial charge in [0.25, 0.3) is 5.89 Å². The van der Waals surface area contributed by atoms with E-state index in [4.69, 9.17) is 18.3 Å². The molecule has 1 saturated carbocycles. The van der Waals surface area contributed by atoms with E-state index in [2.05, 4.69) is 21.4 Å². The number of aromatic nitrogens is 2. The third-order valence-corrected chi connectivity index (χ3v) is 7.28. The minimum absolute atomic E-state index is 0.257. The molecule has 1 fully saturated rings. The molecule has 0 amide bonds. The summed E-state index contributed by atoms with van der Waals surface area (Å²) in [5.74, 6) is 2.21.